The summed E-state index contributed by atoms with van der Waals surface area (Å²) >= 11 is 0. The first kappa shape index (κ1) is 15.4. The quantitative estimate of drug-likeness (QED) is 0.657. The fraction of sp³-hybridized carbons (Fsp3) is 0.353. The van der Waals surface area contributed by atoms with E-state index in [-0.39, 0.29) is 0 Å². The molecule has 3 aromatic rings. The monoisotopic (exact) mass is 311 g/mol. The van der Waals surface area contributed by atoms with Gasteiger partial charge < -0.3 is 9.30 Å². The highest BCUT2D eigenvalue weighted by Crippen LogP contribution is 2.24. The molecular formula is C17H21N5O. The Kier molecular flexibility index (Phi) is 4.52. The molecule has 0 unspecified atom stereocenters. The molecule has 23 heavy (non-hydrogen) atoms. The van der Waals surface area contributed by atoms with Crippen LogP contribution in [-0.2, 0) is 18.3 Å². The Morgan fingerprint density at radius 1 is 1.13 bits per heavy atom. The molecule has 1 aromatic carbocycles. The molecule has 2 heterocycles. The molecule has 2 aromatic heterocycles. The van der Waals surface area contributed by atoms with Gasteiger partial charge in [-0.05, 0) is 13.8 Å². The van der Waals surface area contributed by atoms with Gasteiger partial charge in [-0.2, -0.15) is 5.10 Å². The van der Waals surface area contributed by atoms with Crippen molar-refractivity contribution in [1.82, 2.24) is 24.3 Å². The third-order valence-electron chi connectivity index (χ3n) is 3.68. The van der Waals surface area contributed by atoms with Gasteiger partial charge in [-0.15, -0.1) is 0 Å². The molecule has 0 saturated carbocycles. The summed E-state index contributed by atoms with van der Waals surface area (Å²) in [5.41, 5.74) is 2.03. The van der Waals surface area contributed by atoms with Crippen molar-refractivity contribution in [1.29, 1.82) is 0 Å². The number of hydrogen-bond donors (Lipinski definition) is 0. The van der Waals surface area contributed by atoms with Gasteiger partial charge in [0.25, 0.3) is 0 Å². The van der Waals surface area contributed by atoms with Crippen LogP contribution in [0.5, 0.6) is 0 Å². The van der Waals surface area contributed by atoms with E-state index in [4.69, 9.17) is 4.74 Å². The summed E-state index contributed by atoms with van der Waals surface area (Å²) in [5, 5.41) is 4.47. The minimum absolute atomic E-state index is 0.621. The van der Waals surface area contributed by atoms with Gasteiger partial charge in [0, 0.05) is 19.2 Å². The summed E-state index contributed by atoms with van der Waals surface area (Å²) in [6, 6.07) is 10.1. The number of nitrogens with zero attached hydrogens (tertiary/aromatic N) is 5. The topological polar surface area (TPSA) is 57.8 Å². The van der Waals surface area contributed by atoms with Crippen molar-refractivity contribution in [3.63, 3.8) is 0 Å². The van der Waals surface area contributed by atoms with Gasteiger partial charge in [0.05, 0.1) is 19.3 Å². The Labute approximate surface area is 135 Å². The lowest BCUT2D eigenvalue weighted by Gasteiger charge is -2.08. The summed E-state index contributed by atoms with van der Waals surface area (Å²) in [4.78, 5) is 9.12. The lowest BCUT2D eigenvalue weighted by Crippen LogP contribution is -2.10. The Morgan fingerprint density at radius 3 is 2.65 bits per heavy atom. The van der Waals surface area contributed by atoms with Crippen LogP contribution in [0.25, 0.3) is 22.9 Å². The number of imidazole rings is 1. The van der Waals surface area contributed by atoms with E-state index in [2.05, 4.69) is 31.8 Å². The maximum atomic E-state index is 5.43. The molecule has 0 atom stereocenters. The predicted molar refractivity (Wildman–Crippen MR) is 88.9 cm³/mol. The van der Waals surface area contributed by atoms with Crippen LogP contribution in [-0.4, -0.2) is 37.5 Å². The predicted octanol–water partition coefficient (Wildman–Crippen LogP) is 2.69. The van der Waals surface area contributed by atoms with Crippen molar-refractivity contribution < 1.29 is 4.74 Å². The van der Waals surface area contributed by atoms with E-state index in [1.165, 1.54) is 0 Å². The van der Waals surface area contributed by atoms with Crippen molar-refractivity contribution in [3.8, 4) is 22.9 Å². The fourth-order valence-electron chi connectivity index (χ4n) is 2.57. The highest BCUT2D eigenvalue weighted by Gasteiger charge is 2.16. The highest BCUT2D eigenvalue weighted by molar-refractivity contribution is 5.61. The zero-order valence-corrected chi connectivity index (χ0v) is 13.7. The molecule has 0 aliphatic carbocycles. The van der Waals surface area contributed by atoms with Crippen LogP contribution in [0.2, 0.25) is 0 Å². The van der Waals surface area contributed by atoms with Gasteiger partial charge in [-0.25, -0.2) is 14.6 Å². The number of benzene rings is 1. The Bertz CT molecular complexity index is 776. The van der Waals surface area contributed by atoms with E-state index < -0.39 is 0 Å². The molecule has 0 amide bonds. The second-order valence-electron chi connectivity index (χ2n) is 5.29. The first-order valence-electron chi connectivity index (χ1n) is 7.77. The van der Waals surface area contributed by atoms with Crippen molar-refractivity contribution in [2.75, 3.05) is 13.2 Å². The molecule has 6 heteroatoms. The fourth-order valence-corrected chi connectivity index (χ4v) is 2.57. The van der Waals surface area contributed by atoms with Gasteiger partial charge >= 0.3 is 0 Å². The zero-order valence-electron chi connectivity index (χ0n) is 13.7. The molecule has 0 saturated heterocycles. The van der Waals surface area contributed by atoms with Gasteiger partial charge in [0.15, 0.2) is 5.82 Å². The van der Waals surface area contributed by atoms with Gasteiger partial charge in [-0.1, -0.05) is 30.3 Å². The second-order valence-corrected chi connectivity index (χ2v) is 5.29. The summed E-state index contributed by atoms with van der Waals surface area (Å²) in [5.74, 6) is 2.48. The Balaban J connectivity index is 1.95. The Morgan fingerprint density at radius 2 is 1.91 bits per heavy atom. The van der Waals surface area contributed by atoms with Crippen LogP contribution in [0.1, 0.15) is 12.7 Å². The summed E-state index contributed by atoms with van der Waals surface area (Å²) < 4.78 is 9.37. The van der Waals surface area contributed by atoms with Crippen LogP contribution in [0.4, 0.5) is 0 Å². The third kappa shape index (κ3) is 3.17. The standard InChI is InChI=1S/C17H21N5O/c1-4-23-11-10-22-17(19-13(2)20-22)15-12-18-16(21(15)3)14-8-6-5-7-9-14/h5-9,12H,4,10-11H2,1-3H3. The highest BCUT2D eigenvalue weighted by atomic mass is 16.5. The number of rotatable bonds is 6. The smallest absolute Gasteiger partial charge is 0.176 e. The number of aryl methyl sites for hydroxylation is 1. The van der Waals surface area contributed by atoms with Crippen LogP contribution < -0.4 is 0 Å². The average molecular weight is 311 g/mol. The van der Waals surface area contributed by atoms with Crippen molar-refractivity contribution in [2.45, 2.75) is 20.4 Å². The average Bonchev–Trinajstić information content (AvgIpc) is 3.11. The lowest BCUT2D eigenvalue weighted by molar-refractivity contribution is 0.136. The SMILES string of the molecule is CCOCCn1nc(C)nc1-c1cnc(-c2ccccc2)n1C. The van der Waals surface area contributed by atoms with E-state index in [0.717, 1.165) is 28.7 Å². The summed E-state index contributed by atoms with van der Waals surface area (Å²) in [7, 11) is 2.00. The molecule has 3 rings (SSSR count). The molecule has 6 nitrogen and oxygen atoms in total. The van der Waals surface area contributed by atoms with E-state index in [1.807, 2.05) is 50.0 Å². The molecule has 0 aliphatic heterocycles. The molecule has 0 spiro atoms. The molecule has 0 radical (unpaired) electrons. The first-order chi connectivity index (χ1) is 11.2. The van der Waals surface area contributed by atoms with Crippen LogP contribution in [0.15, 0.2) is 36.5 Å². The molecule has 0 aliphatic rings. The van der Waals surface area contributed by atoms with Crippen LogP contribution in [0, 0.1) is 6.92 Å². The van der Waals surface area contributed by atoms with Crippen LogP contribution in [0.3, 0.4) is 0 Å². The number of hydrogen-bond acceptors (Lipinski definition) is 4. The summed E-state index contributed by atoms with van der Waals surface area (Å²) in [6.45, 7) is 5.88. The van der Waals surface area contributed by atoms with Crippen molar-refractivity contribution in [3.05, 3.63) is 42.4 Å². The van der Waals surface area contributed by atoms with Gasteiger partial charge in [0.1, 0.15) is 17.3 Å². The van der Waals surface area contributed by atoms with E-state index in [9.17, 15) is 0 Å². The minimum Gasteiger partial charge on any atom is -0.380 e. The van der Waals surface area contributed by atoms with Gasteiger partial charge in [-0.3, -0.25) is 0 Å². The molecule has 120 valence electrons. The van der Waals surface area contributed by atoms with E-state index >= 15 is 0 Å². The Hall–Kier alpha value is -2.47. The number of ether oxygens (including phenoxy) is 1. The molecular weight excluding hydrogens is 290 g/mol. The van der Waals surface area contributed by atoms with Crippen molar-refractivity contribution in [2.24, 2.45) is 7.05 Å². The molecule has 0 fully saturated rings. The maximum Gasteiger partial charge on any atom is 0.176 e. The molecule has 0 bridgehead atoms. The first-order valence-corrected chi connectivity index (χ1v) is 7.77. The van der Waals surface area contributed by atoms with Crippen LogP contribution >= 0.6 is 0 Å². The molecule has 0 N–H and O–H groups in total. The lowest BCUT2D eigenvalue weighted by atomic mass is 10.2. The normalized spacial score (nSPS) is 11.1. The van der Waals surface area contributed by atoms with Gasteiger partial charge in [0.2, 0.25) is 0 Å². The van der Waals surface area contributed by atoms with E-state index in [1.54, 1.807) is 0 Å². The minimum atomic E-state index is 0.621. The summed E-state index contributed by atoms with van der Waals surface area (Å²) in [6.07, 6.45) is 1.85. The number of aromatic nitrogens is 5. The van der Waals surface area contributed by atoms with E-state index in [0.29, 0.717) is 19.8 Å². The zero-order chi connectivity index (χ0) is 16.2. The largest absolute Gasteiger partial charge is 0.380 e. The maximum absolute atomic E-state index is 5.43. The van der Waals surface area contributed by atoms with Crippen molar-refractivity contribution >= 4 is 0 Å². The second kappa shape index (κ2) is 6.75. The third-order valence-corrected chi connectivity index (χ3v) is 3.68.